The van der Waals surface area contributed by atoms with Crippen LogP contribution in [-0.4, -0.2) is 56.3 Å². The SMILES string of the molecule is CN1CCC(c2ccc(Nc3nc(-c4cc(F)cc(N5CCn6c(cc7c6CCCC7)C5O)c4CO)c[nH]c3=O)cc2)CC1. The standard InChI is InChI=1S/C34H39FN6O3/c1-39-12-10-22(11-13-39)21-6-8-25(9-7-21)37-32-33(43)36-19-28(38-32)26-17-24(35)18-30(27(26)20-42)41-15-14-40-29-5-3-2-4-23(29)16-31(40)34(41)44/h6-9,16-19,22,34,42,44H,2-5,10-15,20H2,1H3,(H,36,43)(H,37,38). The molecule has 2 aromatic carbocycles. The molecule has 4 aromatic rings. The average Bonchev–Trinajstić information content (AvgIpc) is 3.42. The Balaban J connectivity index is 1.17. The topological polar surface area (TPSA) is 110 Å². The van der Waals surface area contributed by atoms with E-state index < -0.39 is 24.2 Å². The minimum Gasteiger partial charge on any atom is -0.392 e. The van der Waals surface area contributed by atoms with Crippen molar-refractivity contribution in [3.63, 3.8) is 0 Å². The quantitative estimate of drug-likeness (QED) is 0.252. The first-order valence-electron chi connectivity index (χ1n) is 15.6. The minimum absolute atomic E-state index is 0.0747. The van der Waals surface area contributed by atoms with Crippen LogP contribution in [0.25, 0.3) is 11.3 Å². The van der Waals surface area contributed by atoms with E-state index in [9.17, 15) is 15.0 Å². The van der Waals surface area contributed by atoms with Crippen molar-refractivity contribution in [2.24, 2.45) is 0 Å². The molecular formula is C34H39FN6O3. The van der Waals surface area contributed by atoms with Crippen LogP contribution in [0.5, 0.6) is 0 Å². The largest absolute Gasteiger partial charge is 0.392 e. The number of aliphatic hydroxyl groups is 2. The molecular weight excluding hydrogens is 559 g/mol. The van der Waals surface area contributed by atoms with Crippen LogP contribution in [0.15, 0.2) is 53.5 Å². The summed E-state index contributed by atoms with van der Waals surface area (Å²) in [4.78, 5) is 24.2. The lowest BCUT2D eigenvalue weighted by Crippen LogP contribution is -2.39. The normalized spacial score (nSPS) is 19.1. The molecule has 1 saturated heterocycles. The summed E-state index contributed by atoms with van der Waals surface area (Å²) in [5.74, 6) is 0.0783. The molecule has 4 heterocycles. The number of piperidine rings is 1. The monoisotopic (exact) mass is 598 g/mol. The molecule has 1 fully saturated rings. The number of anilines is 3. The van der Waals surface area contributed by atoms with Crippen molar-refractivity contribution in [2.45, 2.75) is 63.8 Å². The summed E-state index contributed by atoms with van der Waals surface area (Å²) in [6.45, 7) is 2.90. The number of aryl methyl sites for hydroxylation is 1. The number of rotatable bonds is 6. The lowest BCUT2D eigenvalue weighted by Gasteiger charge is -2.37. The van der Waals surface area contributed by atoms with Crippen molar-refractivity contribution >= 4 is 17.2 Å². The van der Waals surface area contributed by atoms with Crippen LogP contribution >= 0.6 is 0 Å². The number of fused-ring (bicyclic) bond motifs is 3. The fourth-order valence-corrected chi connectivity index (χ4v) is 7.23. The van der Waals surface area contributed by atoms with Crippen molar-refractivity contribution < 1.29 is 14.6 Å². The molecule has 0 bridgehead atoms. The van der Waals surface area contributed by atoms with Crippen LogP contribution < -0.4 is 15.8 Å². The number of hydrogen-bond acceptors (Lipinski definition) is 7. The summed E-state index contributed by atoms with van der Waals surface area (Å²) >= 11 is 0. The van der Waals surface area contributed by atoms with Crippen molar-refractivity contribution in [3.05, 3.63) is 92.9 Å². The molecule has 0 spiro atoms. The predicted octanol–water partition coefficient (Wildman–Crippen LogP) is 4.81. The molecule has 1 unspecified atom stereocenters. The van der Waals surface area contributed by atoms with E-state index in [0.29, 0.717) is 41.5 Å². The number of halogens is 1. The Labute approximate surface area is 256 Å². The van der Waals surface area contributed by atoms with Crippen LogP contribution in [0.4, 0.5) is 21.6 Å². The Bertz CT molecular complexity index is 1720. The first kappa shape index (κ1) is 28.8. The second-order valence-corrected chi connectivity index (χ2v) is 12.4. The summed E-state index contributed by atoms with van der Waals surface area (Å²) in [6.07, 6.45) is 7.00. The van der Waals surface area contributed by atoms with Crippen molar-refractivity contribution in [1.29, 1.82) is 0 Å². The summed E-state index contributed by atoms with van der Waals surface area (Å²) in [5.41, 5.74) is 6.48. The van der Waals surface area contributed by atoms with Crippen LogP contribution in [0.2, 0.25) is 0 Å². The molecule has 7 rings (SSSR count). The molecule has 1 aliphatic carbocycles. The van der Waals surface area contributed by atoms with E-state index in [4.69, 9.17) is 0 Å². The predicted molar refractivity (Wildman–Crippen MR) is 169 cm³/mol. The molecule has 0 radical (unpaired) electrons. The van der Waals surface area contributed by atoms with Crippen LogP contribution in [0.3, 0.4) is 0 Å². The van der Waals surface area contributed by atoms with E-state index in [1.54, 1.807) is 4.90 Å². The van der Waals surface area contributed by atoms with Gasteiger partial charge in [-0.2, -0.15) is 0 Å². The maximum atomic E-state index is 15.2. The minimum atomic E-state index is -0.979. The first-order chi connectivity index (χ1) is 21.4. The number of hydrogen-bond donors (Lipinski definition) is 4. The highest BCUT2D eigenvalue weighted by Crippen LogP contribution is 2.39. The van der Waals surface area contributed by atoms with Gasteiger partial charge in [-0.1, -0.05) is 12.1 Å². The van der Waals surface area contributed by atoms with E-state index >= 15 is 4.39 Å². The van der Waals surface area contributed by atoms with Gasteiger partial charge in [-0.3, -0.25) is 4.79 Å². The number of likely N-dealkylation sites (tertiary alicyclic amines) is 1. The Morgan fingerprint density at radius 2 is 1.82 bits per heavy atom. The number of nitrogens with one attached hydrogen (secondary N) is 2. The Hall–Kier alpha value is -3.99. The Kier molecular flexibility index (Phi) is 7.74. The molecule has 0 amide bonds. The number of benzene rings is 2. The number of H-pyrrole nitrogens is 1. The fourth-order valence-electron chi connectivity index (χ4n) is 7.23. The van der Waals surface area contributed by atoms with Gasteiger partial charge < -0.3 is 34.9 Å². The summed E-state index contributed by atoms with van der Waals surface area (Å²) < 4.78 is 17.4. The second kappa shape index (κ2) is 11.8. The highest BCUT2D eigenvalue weighted by molar-refractivity contribution is 5.74. The van der Waals surface area contributed by atoms with Gasteiger partial charge in [0.1, 0.15) is 5.82 Å². The van der Waals surface area contributed by atoms with Crippen molar-refractivity contribution in [1.82, 2.24) is 19.4 Å². The van der Waals surface area contributed by atoms with Gasteiger partial charge in [-0.15, -0.1) is 0 Å². The maximum absolute atomic E-state index is 15.2. The molecule has 10 heteroatoms. The molecule has 0 saturated carbocycles. The molecule has 9 nitrogen and oxygen atoms in total. The molecule has 1 atom stereocenters. The highest BCUT2D eigenvalue weighted by atomic mass is 19.1. The second-order valence-electron chi connectivity index (χ2n) is 12.4. The van der Waals surface area contributed by atoms with Gasteiger partial charge in [0.25, 0.3) is 5.56 Å². The lowest BCUT2D eigenvalue weighted by atomic mass is 9.89. The molecule has 2 aromatic heterocycles. The van der Waals surface area contributed by atoms with Gasteiger partial charge in [0.2, 0.25) is 0 Å². The third kappa shape index (κ3) is 5.31. The molecule has 2 aliphatic heterocycles. The van der Waals surface area contributed by atoms with Gasteiger partial charge in [0.05, 0.1) is 18.0 Å². The summed E-state index contributed by atoms with van der Waals surface area (Å²) in [5, 5.41) is 25.1. The molecule has 3 aliphatic rings. The number of aliphatic hydroxyl groups excluding tert-OH is 2. The zero-order valence-corrected chi connectivity index (χ0v) is 25.0. The Morgan fingerprint density at radius 3 is 2.59 bits per heavy atom. The van der Waals surface area contributed by atoms with E-state index in [0.717, 1.165) is 63.0 Å². The van der Waals surface area contributed by atoms with E-state index in [1.165, 1.54) is 35.2 Å². The van der Waals surface area contributed by atoms with Crippen molar-refractivity contribution in [2.75, 3.05) is 36.9 Å². The van der Waals surface area contributed by atoms with E-state index in [1.807, 2.05) is 12.1 Å². The molecule has 230 valence electrons. The van der Waals surface area contributed by atoms with Gasteiger partial charge in [-0.05, 0) is 106 Å². The Morgan fingerprint density at radius 1 is 1.05 bits per heavy atom. The number of aromatic nitrogens is 3. The van der Waals surface area contributed by atoms with E-state index in [2.05, 4.69) is 50.0 Å². The number of aromatic amines is 1. The zero-order valence-electron chi connectivity index (χ0n) is 25.0. The summed E-state index contributed by atoms with van der Waals surface area (Å²) in [6, 6.07) is 12.8. The third-order valence-corrected chi connectivity index (χ3v) is 9.65. The molecule has 44 heavy (non-hydrogen) atoms. The van der Waals surface area contributed by atoms with Crippen LogP contribution in [-0.2, 0) is 26.0 Å². The highest BCUT2D eigenvalue weighted by Gasteiger charge is 2.32. The third-order valence-electron chi connectivity index (χ3n) is 9.65. The van der Waals surface area contributed by atoms with E-state index in [-0.39, 0.29) is 5.82 Å². The average molecular weight is 599 g/mol. The van der Waals surface area contributed by atoms with Gasteiger partial charge in [0.15, 0.2) is 12.0 Å². The molecule has 4 N–H and O–H groups in total. The summed E-state index contributed by atoms with van der Waals surface area (Å²) in [7, 11) is 2.15. The van der Waals surface area contributed by atoms with Crippen LogP contribution in [0, 0.1) is 5.82 Å². The maximum Gasteiger partial charge on any atom is 0.291 e. The first-order valence-corrected chi connectivity index (χ1v) is 15.6. The fraction of sp³-hybridized carbons (Fsp3) is 0.412. The van der Waals surface area contributed by atoms with Gasteiger partial charge in [-0.25, -0.2) is 9.37 Å². The zero-order chi connectivity index (χ0) is 30.4. The van der Waals surface area contributed by atoms with Gasteiger partial charge >= 0.3 is 0 Å². The van der Waals surface area contributed by atoms with Crippen LogP contribution in [0.1, 0.15) is 65.9 Å². The van der Waals surface area contributed by atoms with Gasteiger partial charge in [0, 0.05) is 47.5 Å². The van der Waals surface area contributed by atoms with Crippen molar-refractivity contribution in [3.8, 4) is 11.3 Å². The lowest BCUT2D eigenvalue weighted by molar-refractivity contribution is 0.147. The smallest absolute Gasteiger partial charge is 0.291 e. The number of nitrogens with zero attached hydrogens (tertiary/aromatic N) is 4.